The molecular formula is C14H29N3O. The highest BCUT2D eigenvalue weighted by Gasteiger charge is 2.24. The molecule has 1 aliphatic carbocycles. The average Bonchev–Trinajstić information content (AvgIpc) is 2.29. The van der Waals surface area contributed by atoms with E-state index in [1.165, 1.54) is 0 Å². The third-order valence-electron chi connectivity index (χ3n) is 4.29. The van der Waals surface area contributed by atoms with Gasteiger partial charge in [0.15, 0.2) is 0 Å². The van der Waals surface area contributed by atoms with Crippen LogP contribution in [0.4, 0.5) is 0 Å². The first-order valence-corrected chi connectivity index (χ1v) is 7.01. The number of hydrogen-bond acceptors (Lipinski definition) is 3. The summed E-state index contributed by atoms with van der Waals surface area (Å²) in [5.41, 5.74) is 5.88. The van der Waals surface area contributed by atoms with Gasteiger partial charge in [-0.1, -0.05) is 0 Å². The Morgan fingerprint density at radius 1 is 1.28 bits per heavy atom. The molecule has 0 atom stereocenters. The molecule has 0 aromatic heterocycles. The third-order valence-corrected chi connectivity index (χ3v) is 4.29. The van der Waals surface area contributed by atoms with Crippen molar-refractivity contribution in [3.05, 3.63) is 0 Å². The number of amides is 1. The van der Waals surface area contributed by atoms with E-state index in [0.717, 1.165) is 25.7 Å². The summed E-state index contributed by atoms with van der Waals surface area (Å²) in [6.45, 7) is 4.96. The van der Waals surface area contributed by atoms with Crippen LogP contribution in [0.1, 0.15) is 46.0 Å². The number of nitrogens with two attached hydrogens (primary N) is 1. The first kappa shape index (κ1) is 15.4. The highest BCUT2D eigenvalue weighted by atomic mass is 16.1. The van der Waals surface area contributed by atoms with Crippen LogP contribution in [0.2, 0.25) is 0 Å². The number of nitrogens with one attached hydrogen (secondary N) is 1. The second-order valence-corrected chi connectivity index (χ2v) is 6.47. The Kier molecular flexibility index (Phi) is 5.60. The van der Waals surface area contributed by atoms with E-state index in [4.69, 9.17) is 5.73 Å². The molecule has 0 bridgehead atoms. The van der Waals surface area contributed by atoms with Gasteiger partial charge in [0.25, 0.3) is 0 Å². The highest BCUT2D eigenvalue weighted by molar-refractivity contribution is 5.76. The van der Waals surface area contributed by atoms with Crippen LogP contribution in [0.15, 0.2) is 0 Å². The molecule has 4 heteroatoms. The van der Waals surface area contributed by atoms with E-state index >= 15 is 0 Å². The van der Waals surface area contributed by atoms with Crippen LogP contribution < -0.4 is 11.1 Å². The van der Waals surface area contributed by atoms with Crippen LogP contribution >= 0.6 is 0 Å². The summed E-state index contributed by atoms with van der Waals surface area (Å²) in [6, 6.07) is 0.358. The smallest absolute Gasteiger partial charge is 0.220 e. The van der Waals surface area contributed by atoms with Crippen molar-refractivity contribution in [1.82, 2.24) is 10.2 Å². The highest BCUT2D eigenvalue weighted by Crippen LogP contribution is 2.25. The van der Waals surface area contributed by atoms with Crippen molar-refractivity contribution in [1.29, 1.82) is 0 Å². The van der Waals surface area contributed by atoms with Gasteiger partial charge in [-0.3, -0.25) is 4.79 Å². The van der Waals surface area contributed by atoms with E-state index in [0.29, 0.717) is 24.9 Å². The molecular weight excluding hydrogens is 226 g/mol. The average molecular weight is 255 g/mol. The fraction of sp³-hybridized carbons (Fsp3) is 0.929. The minimum atomic E-state index is 0.00454. The van der Waals surface area contributed by atoms with Crippen molar-refractivity contribution in [2.24, 2.45) is 11.7 Å². The van der Waals surface area contributed by atoms with Crippen molar-refractivity contribution < 1.29 is 4.79 Å². The van der Waals surface area contributed by atoms with Gasteiger partial charge < -0.3 is 16.0 Å². The van der Waals surface area contributed by atoms with E-state index in [2.05, 4.69) is 24.1 Å². The monoisotopic (exact) mass is 255 g/mol. The number of carbonyl (C=O) groups is 1. The molecule has 1 amide bonds. The molecule has 0 heterocycles. The molecule has 0 aromatic carbocycles. The van der Waals surface area contributed by atoms with Gasteiger partial charge in [0.2, 0.25) is 5.91 Å². The number of likely N-dealkylation sites (N-methyl/N-ethyl adjacent to an activating group) is 1. The van der Waals surface area contributed by atoms with E-state index in [9.17, 15) is 4.79 Å². The lowest BCUT2D eigenvalue weighted by Gasteiger charge is -2.33. The first-order chi connectivity index (χ1) is 8.31. The predicted molar refractivity (Wildman–Crippen MR) is 75.3 cm³/mol. The summed E-state index contributed by atoms with van der Waals surface area (Å²) in [6.07, 6.45) is 5.01. The SMILES string of the molecule is CN(C)C(C)(C)CNC(=O)CC1CCC(N)CC1. The zero-order valence-corrected chi connectivity index (χ0v) is 12.3. The van der Waals surface area contributed by atoms with Gasteiger partial charge >= 0.3 is 0 Å². The maximum atomic E-state index is 11.9. The fourth-order valence-electron chi connectivity index (χ4n) is 2.20. The summed E-state index contributed by atoms with van der Waals surface area (Å²) in [7, 11) is 4.07. The lowest BCUT2D eigenvalue weighted by atomic mass is 9.84. The third kappa shape index (κ3) is 4.94. The maximum Gasteiger partial charge on any atom is 0.220 e. The molecule has 1 aliphatic rings. The van der Waals surface area contributed by atoms with Crippen molar-refractivity contribution in [2.45, 2.75) is 57.5 Å². The number of rotatable bonds is 5. The molecule has 1 fully saturated rings. The van der Waals surface area contributed by atoms with Gasteiger partial charge in [-0.05, 0) is 59.5 Å². The standard InChI is InChI=1S/C14H29N3O/c1-14(2,17(3)4)10-16-13(18)9-11-5-7-12(15)8-6-11/h11-12H,5-10,15H2,1-4H3,(H,16,18). The first-order valence-electron chi connectivity index (χ1n) is 7.01. The summed E-state index contributed by atoms with van der Waals surface area (Å²) in [5, 5.41) is 3.05. The van der Waals surface area contributed by atoms with Crippen molar-refractivity contribution >= 4 is 5.91 Å². The zero-order chi connectivity index (χ0) is 13.8. The van der Waals surface area contributed by atoms with E-state index in [1.807, 2.05) is 14.1 Å². The summed E-state index contributed by atoms with van der Waals surface area (Å²) < 4.78 is 0. The maximum absolute atomic E-state index is 11.9. The van der Waals surface area contributed by atoms with Crippen molar-refractivity contribution in [3.63, 3.8) is 0 Å². The quantitative estimate of drug-likeness (QED) is 0.779. The Hall–Kier alpha value is -0.610. The van der Waals surface area contributed by atoms with Gasteiger partial charge in [0.1, 0.15) is 0 Å². The van der Waals surface area contributed by atoms with Crippen LogP contribution in [-0.2, 0) is 4.79 Å². The molecule has 18 heavy (non-hydrogen) atoms. The van der Waals surface area contributed by atoms with Gasteiger partial charge in [-0.15, -0.1) is 0 Å². The minimum absolute atomic E-state index is 0.00454. The van der Waals surface area contributed by atoms with Crippen LogP contribution in [0.3, 0.4) is 0 Å². The lowest BCUT2D eigenvalue weighted by Crippen LogP contribution is -2.48. The molecule has 4 nitrogen and oxygen atoms in total. The van der Waals surface area contributed by atoms with Gasteiger partial charge in [-0.2, -0.15) is 0 Å². The second kappa shape index (κ2) is 6.53. The molecule has 3 N–H and O–H groups in total. The normalized spacial score (nSPS) is 25.2. The molecule has 0 unspecified atom stereocenters. The molecule has 0 aromatic rings. The molecule has 1 rings (SSSR count). The van der Waals surface area contributed by atoms with Gasteiger partial charge in [0, 0.05) is 24.5 Å². The molecule has 1 saturated carbocycles. The van der Waals surface area contributed by atoms with Crippen LogP contribution in [0.5, 0.6) is 0 Å². The number of hydrogen-bond donors (Lipinski definition) is 2. The number of carbonyl (C=O) groups excluding carboxylic acids is 1. The van der Waals surface area contributed by atoms with Crippen LogP contribution in [0, 0.1) is 5.92 Å². The summed E-state index contributed by atoms with van der Waals surface area (Å²) >= 11 is 0. The van der Waals surface area contributed by atoms with Crippen molar-refractivity contribution in [2.75, 3.05) is 20.6 Å². The van der Waals surface area contributed by atoms with E-state index in [-0.39, 0.29) is 11.4 Å². The van der Waals surface area contributed by atoms with Crippen molar-refractivity contribution in [3.8, 4) is 0 Å². The summed E-state index contributed by atoms with van der Waals surface area (Å²) in [5.74, 6) is 0.720. The largest absolute Gasteiger partial charge is 0.354 e. The molecule has 106 valence electrons. The predicted octanol–water partition coefficient (Wildman–Crippen LogP) is 1.35. The number of nitrogens with zero attached hydrogens (tertiary/aromatic N) is 1. The molecule has 0 aliphatic heterocycles. The Balaban J connectivity index is 2.26. The molecule has 0 saturated heterocycles. The Morgan fingerprint density at radius 2 is 1.83 bits per heavy atom. The second-order valence-electron chi connectivity index (χ2n) is 6.47. The van der Waals surface area contributed by atoms with Crippen LogP contribution in [-0.4, -0.2) is 43.0 Å². The lowest BCUT2D eigenvalue weighted by molar-refractivity contribution is -0.122. The van der Waals surface area contributed by atoms with E-state index in [1.54, 1.807) is 0 Å². The Morgan fingerprint density at radius 3 is 2.33 bits per heavy atom. The zero-order valence-electron chi connectivity index (χ0n) is 12.3. The molecule has 0 spiro atoms. The Bertz CT molecular complexity index is 268. The van der Waals surface area contributed by atoms with Crippen LogP contribution in [0.25, 0.3) is 0 Å². The molecule has 0 radical (unpaired) electrons. The topological polar surface area (TPSA) is 58.4 Å². The van der Waals surface area contributed by atoms with Gasteiger partial charge in [-0.25, -0.2) is 0 Å². The minimum Gasteiger partial charge on any atom is -0.354 e. The summed E-state index contributed by atoms with van der Waals surface area (Å²) in [4.78, 5) is 14.0. The fourth-order valence-corrected chi connectivity index (χ4v) is 2.20. The van der Waals surface area contributed by atoms with Gasteiger partial charge in [0.05, 0.1) is 0 Å². The van der Waals surface area contributed by atoms with E-state index < -0.39 is 0 Å². The Labute approximate surface area is 111 Å².